The van der Waals surface area contributed by atoms with Crippen molar-refractivity contribution in [3.63, 3.8) is 0 Å². The number of nitrogens with two attached hydrogens (primary N) is 1. The number of benzene rings is 1. The molecule has 1 atom stereocenters. The largest absolute Gasteiger partial charge is 0.322 e. The van der Waals surface area contributed by atoms with E-state index < -0.39 is 0 Å². The van der Waals surface area contributed by atoms with Crippen molar-refractivity contribution in [3.8, 4) is 10.6 Å². The Morgan fingerprint density at radius 2 is 2.07 bits per heavy atom. The van der Waals surface area contributed by atoms with E-state index in [0.29, 0.717) is 5.02 Å². The summed E-state index contributed by atoms with van der Waals surface area (Å²) in [6, 6.07) is 7.49. The molecule has 1 unspecified atom stereocenters. The van der Waals surface area contributed by atoms with Gasteiger partial charge in [0.2, 0.25) is 0 Å². The summed E-state index contributed by atoms with van der Waals surface area (Å²) in [4.78, 5) is 0. The van der Waals surface area contributed by atoms with Crippen molar-refractivity contribution < 1.29 is 0 Å². The highest BCUT2D eigenvalue weighted by Crippen LogP contribution is 2.30. The fraction of sp³-hybridized carbons (Fsp3) is 0.200. The van der Waals surface area contributed by atoms with Crippen LogP contribution in [0.1, 0.15) is 18.0 Å². The first-order chi connectivity index (χ1) is 7.18. The third kappa shape index (κ3) is 2.17. The Labute approximate surface area is 96.9 Å². The summed E-state index contributed by atoms with van der Waals surface area (Å²) >= 11 is 7.53. The summed E-state index contributed by atoms with van der Waals surface area (Å²) in [6.45, 7) is 1.89. The lowest BCUT2D eigenvalue weighted by molar-refractivity contribution is 0.786. The summed E-state index contributed by atoms with van der Waals surface area (Å²) < 4.78 is 0. The normalized spacial score (nSPS) is 12.7. The highest BCUT2D eigenvalue weighted by molar-refractivity contribution is 7.14. The molecule has 2 rings (SSSR count). The van der Waals surface area contributed by atoms with Gasteiger partial charge in [-0.2, -0.15) is 0 Å². The van der Waals surface area contributed by atoms with Crippen molar-refractivity contribution in [2.45, 2.75) is 13.0 Å². The molecule has 78 valence electrons. The van der Waals surface area contributed by atoms with Gasteiger partial charge in [0, 0.05) is 5.56 Å². The van der Waals surface area contributed by atoms with E-state index in [2.05, 4.69) is 10.2 Å². The second-order valence-electron chi connectivity index (χ2n) is 3.21. The summed E-state index contributed by atoms with van der Waals surface area (Å²) in [5.41, 5.74) is 6.62. The Bertz CT molecular complexity index is 467. The zero-order valence-electron chi connectivity index (χ0n) is 8.14. The van der Waals surface area contributed by atoms with Gasteiger partial charge in [-0.3, -0.25) is 0 Å². The molecule has 1 aromatic heterocycles. The van der Waals surface area contributed by atoms with Crippen molar-refractivity contribution >= 4 is 22.9 Å². The van der Waals surface area contributed by atoms with Crippen LogP contribution in [0.2, 0.25) is 5.02 Å². The summed E-state index contributed by atoms with van der Waals surface area (Å²) in [6.07, 6.45) is 0. The van der Waals surface area contributed by atoms with E-state index in [1.807, 2.05) is 31.2 Å². The number of hydrogen-bond acceptors (Lipinski definition) is 4. The lowest BCUT2D eigenvalue weighted by atomic mass is 10.2. The molecular formula is C10H10ClN3S. The van der Waals surface area contributed by atoms with Crippen LogP contribution >= 0.6 is 22.9 Å². The SMILES string of the molecule is CC(N)c1nnc(-c2ccccc2Cl)s1. The molecule has 0 aliphatic rings. The van der Waals surface area contributed by atoms with E-state index in [1.165, 1.54) is 11.3 Å². The summed E-state index contributed by atoms with van der Waals surface area (Å²) in [7, 11) is 0. The zero-order chi connectivity index (χ0) is 10.8. The molecule has 3 nitrogen and oxygen atoms in total. The maximum absolute atomic E-state index is 6.06. The van der Waals surface area contributed by atoms with Crippen molar-refractivity contribution in [1.29, 1.82) is 0 Å². The Hall–Kier alpha value is -0.970. The predicted molar refractivity (Wildman–Crippen MR) is 63.0 cm³/mol. The molecule has 0 amide bonds. The van der Waals surface area contributed by atoms with E-state index in [1.54, 1.807) is 0 Å². The number of rotatable bonds is 2. The molecular weight excluding hydrogens is 230 g/mol. The fourth-order valence-electron chi connectivity index (χ4n) is 1.16. The molecule has 2 N–H and O–H groups in total. The molecule has 0 aliphatic carbocycles. The standard InChI is InChI=1S/C10H10ClN3S/c1-6(12)9-13-14-10(15-9)7-4-2-3-5-8(7)11/h2-6H,12H2,1H3. The Morgan fingerprint density at radius 3 is 2.67 bits per heavy atom. The highest BCUT2D eigenvalue weighted by Gasteiger charge is 2.11. The average molecular weight is 240 g/mol. The molecule has 5 heteroatoms. The van der Waals surface area contributed by atoms with E-state index >= 15 is 0 Å². The molecule has 0 saturated heterocycles. The van der Waals surface area contributed by atoms with Gasteiger partial charge in [0.05, 0.1) is 11.1 Å². The predicted octanol–water partition coefficient (Wildman–Crippen LogP) is 2.88. The minimum Gasteiger partial charge on any atom is -0.322 e. The number of aromatic nitrogens is 2. The van der Waals surface area contributed by atoms with Crippen LogP contribution in [0.5, 0.6) is 0 Å². The van der Waals surface area contributed by atoms with Gasteiger partial charge in [0.25, 0.3) is 0 Å². The maximum Gasteiger partial charge on any atom is 0.149 e. The first-order valence-corrected chi connectivity index (χ1v) is 5.72. The smallest absolute Gasteiger partial charge is 0.149 e. The first-order valence-electron chi connectivity index (χ1n) is 4.52. The van der Waals surface area contributed by atoms with Crippen molar-refractivity contribution in [2.75, 3.05) is 0 Å². The van der Waals surface area contributed by atoms with Crippen LogP contribution in [0.25, 0.3) is 10.6 Å². The van der Waals surface area contributed by atoms with Gasteiger partial charge in [-0.1, -0.05) is 41.1 Å². The van der Waals surface area contributed by atoms with Gasteiger partial charge in [-0.05, 0) is 13.0 Å². The molecule has 2 aromatic rings. The molecule has 15 heavy (non-hydrogen) atoms. The molecule has 0 spiro atoms. The lowest BCUT2D eigenvalue weighted by Gasteiger charge is -1.97. The van der Waals surface area contributed by atoms with Gasteiger partial charge >= 0.3 is 0 Å². The van der Waals surface area contributed by atoms with Crippen LogP contribution in [0.4, 0.5) is 0 Å². The molecule has 0 saturated carbocycles. The van der Waals surface area contributed by atoms with Gasteiger partial charge < -0.3 is 5.73 Å². The topological polar surface area (TPSA) is 51.8 Å². The van der Waals surface area contributed by atoms with Crippen LogP contribution in [0.3, 0.4) is 0 Å². The Balaban J connectivity index is 2.42. The zero-order valence-corrected chi connectivity index (χ0v) is 9.72. The summed E-state index contributed by atoms with van der Waals surface area (Å²) in [5.74, 6) is 0. The molecule has 1 aromatic carbocycles. The number of halogens is 1. The second kappa shape index (κ2) is 4.26. The highest BCUT2D eigenvalue weighted by atomic mass is 35.5. The third-order valence-corrected chi connectivity index (χ3v) is 3.42. The van der Waals surface area contributed by atoms with Gasteiger partial charge in [-0.15, -0.1) is 10.2 Å². The van der Waals surface area contributed by atoms with Crippen LogP contribution in [0, 0.1) is 0 Å². The number of nitrogens with zero attached hydrogens (tertiary/aromatic N) is 2. The minimum atomic E-state index is -0.0845. The van der Waals surface area contributed by atoms with Gasteiger partial charge in [-0.25, -0.2) is 0 Å². The monoisotopic (exact) mass is 239 g/mol. The molecule has 0 bridgehead atoms. The summed E-state index contributed by atoms with van der Waals surface area (Å²) in [5, 5.41) is 10.4. The van der Waals surface area contributed by atoms with Gasteiger partial charge in [0.15, 0.2) is 0 Å². The van der Waals surface area contributed by atoms with E-state index in [4.69, 9.17) is 17.3 Å². The van der Waals surface area contributed by atoms with E-state index in [-0.39, 0.29) is 6.04 Å². The maximum atomic E-state index is 6.06. The van der Waals surface area contributed by atoms with Crippen LogP contribution < -0.4 is 5.73 Å². The van der Waals surface area contributed by atoms with Gasteiger partial charge in [0.1, 0.15) is 10.0 Å². The van der Waals surface area contributed by atoms with Crippen molar-refractivity contribution in [3.05, 3.63) is 34.3 Å². The van der Waals surface area contributed by atoms with Crippen LogP contribution in [-0.4, -0.2) is 10.2 Å². The quantitative estimate of drug-likeness (QED) is 0.877. The Kier molecular flexibility index (Phi) is 3.00. The average Bonchev–Trinajstić information content (AvgIpc) is 2.67. The van der Waals surface area contributed by atoms with Crippen molar-refractivity contribution in [1.82, 2.24) is 10.2 Å². The van der Waals surface area contributed by atoms with E-state index in [0.717, 1.165) is 15.6 Å². The molecule has 0 aliphatic heterocycles. The fourth-order valence-corrected chi connectivity index (χ4v) is 2.28. The Morgan fingerprint density at radius 1 is 1.33 bits per heavy atom. The van der Waals surface area contributed by atoms with E-state index in [9.17, 15) is 0 Å². The van der Waals surface area contributed by atoms with Crippen LogP contribution in [0.15, 0.2) is 24.3 Å². The third-order valence-electron chi connectivity index (χ3n) is 1.93. The minimum absolute atomic E-state index is 0.0845. The molecule has 0 fully saturated rings. The first kappa shape index (κ1) is 10.5. The second-order valence-corrected chi connectivity index (χ2v) is 4.63. The molecule has 0 radical (unpaired) electrons. The lowest BCUT2D eigenvalue weighted by Crippen LogP contribution is -2.03. The van der Waals surface area contributed by atoms with Crippen LogP contribution in [-0.2, 0) is 0 Å². The number of hydrogen-bond donors (Lipinski definition) is 1. The molecule has 1 heterocycles. The van der Waals surface area contributed by atoms with Crippen molar-refractivity contribution in [2.24, 2.45) is 5.73 Å².